The summed E-state index contributed by atoms with van der Waals surface area (Å²) in [7, 11) is -3.19. The lowest BCUT2D eigenvalue weighted by Crippen LogP contribution is -2.36. The summed E-state index contributed by atoms with van der Waals surface area (Å²) in [6, 6.07) is 6.49. The number of hydrogen-bond donors (Lipinski definition) is 2. The molecule has 3 atom stereocenters. The van der Waals surface area contributed by atoms with Crippen molar-refractivity contribution in [1.82, 2.24) is 5.32 Å². The molecule has 6 heteroatoms. The zero-order valence-electron chi connectivity index (χ0n) is 13.1. The van der Waals surface area contributed by atoms with Gasteiger partial charge in [-0.05, 0) is 49.9 Å². The zero-order valence-corrected chi connectivity index (χ0v) is 13.9. The average Bonchev–Trinajstić information content (AvgIpc) is 2.95. The fourth-order valence-corrected chi connectivity index (χ4v) is 3.70. The monoisotopic (exact) mass is 324 g/mol. The van der Waals surface area contributed by atoms with E-state index in [1.807, 2.05) is 6.92 Å². The summed E-state index contributed by atoms with van der Waals surface area (Å²) in [5.41, 5.74) is 6.62. The maximum atomic E-state index is 12.4. The predicted molar refractivity (Wildman–Crippen MR) is 86.0 cm³/mol. The molecule has 0 bridgehead atoms. The van der Waals surface area contributed by atoms with E-state index in [9.17, 15) is 13.2 Å². The molecule has 0 saturated heterocycles. The molecule has 2 rings (SSSR count). The number of nitrogens with one attached hydrogen (secondary N) is 1. The molecule has 1 aliphatic rings. The van der Waals surface area contributed by atoms with Crippen LogP contribution in [0.1, 0.15) is 37.8 Å². The van der Waals surface area contributed by atoms with Crippen molar-refractivity contribution in [3.63, 3.8) is 0 Å². The van der Waals surface area contributed by atoms with Gasteiger partial charge in [-0.25, -0.2) is 8.42 Å². The number of nitrogens with two attached hydrogens (primary N) is 1. The van der Waals surface area contributed by atoms with Gasteiger partial charge in [-0.15, -0.1) is 0 Å². The molecule has 1 amide bonds. The highest BCUT2D eigenvalue weighted by atomic mass is 32.2. The molecule has 1 unspecified atom stereocenters. The molecule has 1 saturated carbocycles. The minimum absolute atomic E-state index is 0.00254. The first-order chi connectivity index (χ1) is 10.3. The Morgan fingerprint density at radius 2 is 1.95 bits per heavy atom. The number of amides is 1. The summed E-state index contributed by atoms with van der Waals surface area (Å²) in [6.07, 6.45) is 4.15. The molecule has 122 valence electrons. The SMILES string of the molecule is CC(NC(=O)[C@@H]1CCC[C@@H]1CN)c1ccc(S(C)(=O)=O)cc1. The van der Waals surface area contributed by atoms with E-state index in [1.165, 1.54) is 6.26 Å². The lowest BCUT2D eigenvalue weighted by atomic mass is 9.95. The quantitative estimate of drug-likeness (QED) is 0.861. The van der Waals surface area contributed by atoms with Gasteiger partial charge in [0.1, 0.15) is 0 Å². The summed E-state index contributed by atoms with van der Waals surface area (Å²) in [5.74, 6) is 0.329. The van der Waals surface area contributed by atoms with Crippen molar-refractivity contribution in [2.24, 2.45) is 17.6 Å². The summed E-state index contributed by atoms with van der Waals surface area (Å²) in [6.45, 7) is 2.45. The molecule has 0 heterocycles. The molecule has 5 nitrogen and oxygen atoms in total. The minimum Gasteiger partial charge on any atom is -0.349 e. The molecule has 3 N–H and O–H groups in total. The molecule has 0 spiro atoms. The van der Waals surface area contributed by atoms with E-state index >= 15 is 0 Å². The second-order valence-corrected chi connectivity index (χ2v) is 8.12. The van der Waals surface area contributed by atoms with Crippen LogP contribution in [0.25, 0.3) is 0 Å². The van der Waals surface area contributed by atoms with E-state index in [0.717, 1.165) is 24.8 Å². The third-order valence-corrected chi connectivity index (χ3v) is 5.59. The number of benzene rings is 1. The summed E-state index contributed by atoms with van der Waals surface area (Å²) in [5, 5.41) is 3.02. The van der Waals surface area contributed by atoms with Crippen LogP contribution in [0.15, 0.2) is 29.2 Å². The predicted octanol–water partition coefficient (Wildman–Crippen LogP) is 1.64. The molecule has 0 aliphatic heterocycles. The Balaban J connectivity index is 2.03. The number of carbonyl (C=O) groups excluding carboxylic acids is 1. The van der Waals surface area contributed by atoms with E-state index in [2.05, 4.69) is 5.32 Å². The summed E-state index contributed by atoms with van der Waals surface area (Å²) < 4.78 is 22.9. The molecule has 1 aromatic rings. The van der Waals surface area contributed by atoms with Crippen molar-refractivity contribution in [1.29, 1.82) is 0 Å². The van der Waals surface area contributed by atoms with Crippen molar-refractivity contribution >= 4 is 15.7 Å². The second-order valence-electron chi connectivity index (χ2n) is 6.10. The summed E-state index contributed by atoms with van der Waals surface area (Å²) >= 11 is 0. The fraction of sp³-hybridized carbons (Fsp3) is 0.562. The molecular formula is C16H24N2O3S. The van der Waals surface area contributed by atoms with Crippen molar-refractivity contribution < 1.29 is 13.2 Å². The van der Waals surface area contributed by atoms with Crippen LogP contribution >= 0.6 is 0 Å². The molecule has 1 fully saturated rings. The maximum absolute atomic E-state index is 12.4. The first-order valence-electron chi connectivity index (χ1n) is 7.63. The Morgan fingerprint density at radius 1 is 1.32 bits per heavy atom. The van der Waals surface area contributed by atoms with E-state index < -0.39 is 9.84 Å². The Morgan fingerprint density at radius 3 is 2.50 bits per heavy atom. The first-order valence-corrected chi connectivity index (χ1v) is 9.52. The van der Waals surface area contributed by atoms with Crippen LogP contribution in [0.2, 0.25) is 0 Å². The van der Waals surface area contributed by atoms with Crippen molar-refractivity contribution in [2.45, 2.75) is 37.1 Å². The van der Waals surface area contributed by atoms with E-state index in [4.69, 9.17) is 5.73 Å². The molecule has 0 aromatic heterocycles. The average molecular weight is 324 g/mol. The molecule has 1 aromatic carbocycles. The molecule has 0 radical (unpaired) electrons. The van der Waals surface area contributed by atoms with Gasteiger partial charge in [-0.1, -0.05) is 18.6 Å². The number of rotatable bonds is 5. The van der Waals surface area contributed by atoms with Gasteiger partial charge in [-0.3, -0.25) is 4.79 Å². The van der Waals surface area contributed by atoms with Gasteiger partial charge in [0.25, 0.3) is 0 Å². The highest BCUT2D eigenvalue weighted by Crippen LogP contribution is 2.31. The van der Waals surface area contributed by atoms with Gasteiger partial charge in [0.2, 0.25) is 5.91 Å². The fourth-order valence-electron chi connectivity index (χ4n) is 3.07. The first kappa shape index (κ1) is 17.0. The van der Waals surface area contributed by atoms with Crippen LogP contribution in [0.4, 0.5) is 0 Å². The Labute approximate surface area is 132 Å². The second kappa shape index (κ2) is 6.79. The molecular weight excluding hydrogens is 300 g/mol. The molecule has 1 aliphatic carbocycles. The highest BCUT2D eigenvalue weighted by molar-refractivity contribution is 7.90. The van der Waals surface area contributed by atoms with Crippen LogP contribution in [0.5, 0.6) is 0 Å². The number of carbonyl (C=O) groups is 1. The maximum Gasteiger partial charge on any atom is 0.223 e. The zero-order chi connectivity index (χ0) is 16.3. The largest absolute Gasteiger partial charge is 0.349 e. The third-order valence-electron chi connectivity index (χ3n) is 4.47. The standard InChI is InChI=1S/C16H24N2O3S/c1-11(12-6-8-14(9-7-12)22(2,20)21)18-16(19)15-5-3-4-13(15)10-17/h6-9,11,13,15H,3-5,10,17H2,1-2H3,(H,18,19)/t11?,13-,15-/m1/s1. The smallest absolute Gasteiger partial charge is 0.223 e. The molecule has 22 heavy (non-hydrogen) atoms. The lowest BCUT2D eigenvalue weighted by Gasteiger charge is -2.21. The van der Waals surface area contributed by atoms with E-state index in [-0.39, 0.29) is 28.7 Å². The summed E-state index contributed by atoms with van der Waals surface area (Å²) in [4.78, 5) is 12.6. The van der Waals surface area contributed by atoms with Gasteiger partial charge in [0.15, 0.2) is 9.84 Å². The van der Waals surface area contributed by atoms with Crippen LogP contribution in [-0.4, -0.2) is 27.1 Å². The highest BCUT2D eigenvalue weighted by Gasteiger charge is 2.32. The lowest BCUT2D eigenvalue weighted by molar-refractivity contribution is -0.126. The van der Waals surface area contributed by atoms with Crippen LogP contribution in [0.3, 0.4) is 0 Å². The topological polar surface area (TPSA) is 89.3 Å². The van der Waals surface area contributed by atoms with Crippen LogP contribution < -0.4 is 11.1 Å². The minimum atomic E-state index is -3.19. The Kier molecular flexibility index (Phi) is 5.24. The van der Waals surface area contributed by atoms with Crippen molar-refractivity contribution in [3.05, 3.63) is 29.8 Å². The van der Waals surface area contributed by atoms with Gasteiger partial charge in [-0.2, -0.15) is 0 Å². The number of sulfone groups is 1. The normalized spacial score (nSPS) is 23.2. The third kappa shape index (κ3) is 3.87. The van der Waals surface area contributed by atoms with Gasteiger partial charge in [0.05, 0.1) is 10.9 Å². The van der Waals surface area contributed by atoms with E-state index in [1.54, 1.807) is 24.3 Å². The van der Waals surface area contributed by atoms with Crippen LogP contribution in [-0.2, 0) is 14.6 Å². The van der Waals surface area contributed by atoms with Crippen molar-refractivity contribution in [2.75, 3.05) is 12.8 Å². The van der Waals surface area contributed by atoms with Crippen LogP contribution in [0, 0.1) is 11.8 Å². The van der Waals surface area contributed by atoms with Gasteiger partial charge >= 0.3 is 0 Å². The Hall–Kier alpha value is -1.40. The van der Waals surface area contributed by atoms with E-state index in [0.29, 0.717) is 6.54 Å². The number of hydrogen-bond acceptors (Lipinski definition) is 4. The Bertz CT molecular complexity index is 625. The van der Waals surface area contributed by atoms with Crippen molar-refractivity contribution in [3.8, 4) is 0 Å². The van der Waals surface area contributed by atoms with Gasteiger partial charge < -0.3 is 11.1 Å². The van der Waals surface area contributed by atoms with Gasteiger partial charge in [0, 0.05) is 12.2 Å².